The highest BCUT2D eigenvalue weighted by Gasteiger charge is 2.28. The number of hydrogen-bond donors (Lipinski definition) is 2. The van der Waals surface area contributed by atoms with Gasteiger partial charge in [-0.05, 0) is 17.5 Å². The molecule has 1 aromatic rings. The van der Waals surface area contributed by atoms with E-state index in [9.17, 15) is 4.79 Å². The van der Waals surface area contributed by atoms with Gasteiger partial charge in [0.15, 0.2) is 0 Å². The van der Waals surface area contributed by atoms with Crippen molar-refractivity contribution < 1.29 is 9.53 Å². The number of rotatable bonds is 6. The first-order chi connectivity index (χ1) is 10.2. The first-order valence-electron chi connectivity index (χ1n) is 7.62. The summed E-state index contributed by atoms with van der Waals surface area (Å²) in [6, 6.07) is 8.06. The van der Waals surface area contributed by atoms with Crippen LogP contribution in [0.3, 0.4) is 0 Å². The van der Waals surface area contributed by atoms with Gasteiger partial charge in [0.2, 0.25) is 5.91 Å². The van der Waals surface area contributed by atoms with Crippen LogP contribution < -0.4 is 11.1 Å². The molecule has 0 radical (unpaired) electrons. The third-order valence-corrected chi connectivity index (χ3v) is 3.74. The Morgan fingerprint density at radius 2 is 2.10 bits per heavy atom. The summed E-state index contributed by atoms with van der Waals surface area (Å²) < 4.78 is 5.47. The van der Waals surface area contributed by atoms with Crippen LogP contribution in [0.2, 0.25) is 0 Å². The Kier molecular flexibility index (Phi) is 6.17. The largest absolute Gasteiger partial charge is 0.378 e. The van der Waals surface area contributed by atoms with E-state index in [1.165, 1.54) is 5.56 Å². The first-order valence-corrected chi connectivity index (χ1v) is 7.62. The maximum atomic E-state index is 12.2. The van der Waals surface area contributed by atoms with Gasteiger partial charge in [-0.3, -0.25) is 9.69 Å². The van der Waals surface area contributed by atoms with Crippen molar-refractivity contribution in [2.75, 3.05) is 26.3 Å². The van der Waals surface area contributed by atoms with Crippen molar-refractivity contribution in [1.29, 1.82) is 0 Å². The monoisotopic (exact) mass is 291 g/mol. The van der Waals surface area contributed by atoms with Crippen LogP contribution in [0, 0.1) is 0 Å². The summed E-state index contributed by atoms with van der Waals surface area (Å²) >= 11 is 0. The zero-order chi connectivity index (χ0) is 15.1. The number of morpholine rings is 1. The number of carbonyl (C=O) groups excluding carboxylic acids is 1. The van der Waals surface area contributed by atoms with Gasteiger partial charge >= 0.3 is 0 Å². The van der Waals surface area contributed by atoms with Crippen molar-refractivity contribution in [3.63, 3.8) is 0 Å². The van der Waals surface area contributed by atoms with Gasteiger partial charge < -0.3 is 15.8 Å². The van der Waals surface area contributed by atoms with Crippen LogP contribution in [0.5, 0.6) is 0 Å². The zero-order valence-electron chi connectivity index (χ0n) is 12.7. The molecule has 1 heterocycles. The summed E-state index contributed by atoms with van der Waals surface area (Å²) in [5, 5.41) is 2.96. The maximum absolute atomic E-state index is 12.2. The SMILES string of the molecule is CCCNC(=O)C1COCCN1Cc1ccc(CN)cc1. The number of hydrogen-bond acceptors (Lipinski definition) is 4. The number of ether oxygens (including phenoxy) is 1. The summed E-state index contributed by atoms with van der Waals surface area (Å²) in [6.45, 7) is 6.01. The first kappa shape index (κ1) is 15.9. The van der Waals surface area contributed by atoms with Crippen molar-refractivity contribution >= 4 is 5.91 Å². The molecule has 1 aliphatic heterocycles. The quantitative estimate of drug-likeness (QED) is 0.816. The maximum Gasteiger partial charge on any atom is 0.239 e. The summed E-state index contributed by atoms with van der Waals surface area (Å²) in [4.78, 5) is 14.4. The topological polar surface area (TPSA) is 67.6 Å². The Balaban J connectivity index is 1.98. The van der Waals surface area contributed by atoms with E-state index in [0.717, 1.165) is 25.1 Å². The number of nitrogens with two attached hydrogens (primary N) is 1. The lowest BCUT2D eigenvalue weighted by atomic mass is 10.1. The molecule has 1 fully saturated rings. The van der Waals surface area contributed by atoms with E-state index in [0.29, 0.717) is 26.3 Å². The van der Waals surface area contributed by atoms with Crippen molar-refractivity contribution in [2.24, 2.45) is 5.73 Å². The fourth-order valence-corrected chi connectivity index (χ4v) is 2.45. The Hall–Kier alpha value is -1.43. The summed E-state index contributed by atoms with van der Waals surface area (Å²) in [5.41, 5.74) is 7.93. The average Bonchev–Trinajstić information content (AvgIpc) is 2.54. The highest BCUT2D eigenvalue weighted by atomic mass is 16.5. The van der Waals surface area contributed by atoms with Gasteiger partial charge in [0, 0.05) is 26.2 Å². The molecule has 3 N–H and O–H groups in total. The molecular weight excluding hydrogens is 266 g/mol. The van der Waals surface area contributed by atoms with Gasteiger partial charge in [-0.25, -0.2) is 0 Å². The molecule has 1 saturated heterocycles. The number of nitrogens with one attached hydrogen (secondary N) is 1. The van der Waals surface area contributed by atoms with Gasteiger partial charge in [0.25, 0.3) is 0 Å². The molecule has 0 bridgehead atoms. The van der Waals surface area contributed by atoms with Gasteiger partial charge in [-0.1, -0.05) is 31.2 Å². The fourth-order valence-electron chi connectivity index (χ4n) is 2.45. The van der Waals surface area contributed by atoms with Crippen LogP contribution in [0.15, 0.2) is 24.3 Å². The van der Waals surface area contributed by atoms with Crippen LogP contribution in [0.25, 0.3) is 0 Å². The normalized spacial score (nSPS) is 19.4. The second-order valence-electron chi connectivity index (χ2n) is 5.37. The Labute approximate surface area is 126 Å². The van der Waals surface area contributed by atoms with Crippen LogP contribution in [-0.2, 0) is 22.6 Å². The molecule has 5 heteroatoms. The Bertz CT molecular complexity index is 447. The minimum absolute atomic E-state index is 0.0649. The standard InChI is InChI=1S/C16H25N3O2/c1-2-7-18-16(20)15-12-21-9-8-19(15)11-14-5-3-13(10-17)4-6-14/h3-6,15H,2,7-12,17H2,1H3,(H,18,20). The van der Waals surface area contributed by atoms with E-state index in [1.54, 1.807) is 0 Å². The van der Waals surface area contributed by atoms with Gasteiger partial charge in [0.05, 0.1) is 13.2 Å². The van der Waals surface area contributed by atoms with Crippen LogP contribution in [0.4, 0.5) is 0 Å². The molecule has 21 heavy (non-hydrogen) atoms. The average molecular weight is 291 g/mol. The van der Waals surface area contributed by atoms with Crippen molar-refractivity contribution in [3.05, 3.63) is 35.4 Å². The minimum atomic E-state index is -0.195. The molecule has 5 nitrogen and oxygen atoms in total. The Morgan fingerprint density at radius 3 is 2.76 bits per heavy atom. The lowest BCUT2D eigenvalue weighted by molar-refractivity contribution is -0.132. The number of carbonyl (C=O) groups is 1. The molecule has 2 rings (SSSR count). The molecule has 1 unspecified atom stereocenters. The lowest BCUT2D eigenvalue weighted by Crippen LogP contribution is -2.53. The van der Waals surface area contributed by atoms with Crippen molar-refractivity contribution in [1.82, 2.24) is 10.2 Å². The summed E-state index contributed by atoms with van der Waals surface area (Å²) in [6.07, 6.45) is 0.944. The molecule has 116 valence electrons. The number of nitrogens with zero attached hydrogens (tertiary/aromatic N) is 1. The van der Waals surface area contributed by atoms with Gasteiger partial charge in [-0.15, -0.1) is 0 Å². The molecule has 1 atom stereocenters. The van der Waals surface area contributed by atoms with E-state index < -0.39 is 0 Å². The van der Waals surface area contributed by atoms with Crippen LogP contribution >= 0.6 is 0 Å². The van der Waals surface area contributed by atoms with E-state index in [4.69, 9.17) is 10.5 Å². The van der Waals surface area contributed by atoms with Crippen molar-refractivity contribution in [3.8, 4) is 0 Å². The molecule has 1 aliphatic rings. The summed E-state index contributed by atoms with van der Waals surface area (Å²) in [5.74, 6) is 0.0649. The number of benzene rings is 1. The molecule has 0 spiro atoms. The molecule has 1 amide bonds. The highest BCUT2D eigenvalue weighted by molar-refractivity contribution is 5.82. The molecule has 0 aromatic heterocycles. The van der Waals surface area contributed by atoms with E-state index in [-0.39, 0.29) is 11.9 Å². The molecule has 0 aliphatic carbocycles. The van der Waals surface area contributed by atoms with Crippen LogP contribution in [0.1, 0.15) is 24.5 Å². The molecular formula is C16H25N3O2. The Morgan fingerprint density at radius 1 is 1.38 bits per heavy atom. The lowest BCUT2D eigenvalue weighted by Gasteiger charge is -2.34. The fraction of sp³-hybridized carbons (Fsp3) is 0.562. The smallest absolute Gasteiger partial charge is 0.239 e. The second-order valence-corrected chi connectivity index (χ2v) is 5.37. The van der Waals surface area contributed by atoms with Crippen molar-refractivity contribution in [2.45, 2.75) is 32.5 Å². The predicted molar refractivity (Wildman–Crippen MR) is 82.7 cm³/mol. The highest BCUT2D eigenvalue weighted by Crippen LogP contribution is 2.13. The van der Waals surface area contributed by atoms with Gasteiger partial charge in [-0.2, -0.15) is 0 Å². The van der Waals surface area contributed by atoms with E-state index in [2.05, 4.69) is 29.3 Å². The zero-order valence-corrected chi connectivity index (χ0v) is 12.7. The number of amides is 1. The third kappa shape index (κ3) is 4.52. The molecule has 1 aromatic carbocycles. The van der Waals surface area contributed by atoms with E-state index >= 15 is 0 Å². The molecule has 0 saturated carbocycles. The van der Waals surface area contributed by atoms with Crippen LogP contribution in [-0.4, -0.2) is 43.2 Å². The second kappa shape index (κ2) is 8.12. The van der Waals surface area contributed by atoms with E-state index in [1.807, 2.05) is 12.1 Å². The third-order valence-electron chi connectivity index (χ3n) is 3.74. The predicted octanol–water partition coefficient (Wildman–Crippen LogP) is 0.872. The summed E-state index contributed by atoms with van der Waals surface area (Å²) in [7, 11) is 0. The minimum Gasteiger partial charge on any atom is -0.378 e. The van der Waals surface area contributed by atoms with Gasteiger partial charge in [0.1, 0.15) is 6.04 Å².